The summed E-state index contributed by atoms with van der Waals surface area (Å²) in [6, 6.07) is 4.50. The fraction of sp³-hybridized carbons (Fsp3) is 0.556. The molecule has 1 aliphatic heterocycles. The highest BCUT2D eigenvalue weighted by Crippen LogP contribution is 2.27. The number of rotatable bonds is 8. The standard InChI is InChI=1S/C18H25NO10/c19-6-5-9-1-2-11(10(20)7-9)28-14(22)4-3-13(21)27-8-12-15(23)16(24)17(25)18(26)29-12/h1-2,7,12,15-18,20,23-26H,3-6,8,19H2/t12-,15-,16+,17-,18?/m1/s1. The molecule has 1 aliphatic rings. The first-order valence-electron chi connectivity index (χ1n) is 8.99. The van der Waals surface area contributed by atoms with E-state index < -0.39 is 49.3 Å². The van der Waals surface area contributed by atoms with Crippen molar-refractivity contribution in [3.63, 3.8) is 0 Å². The lowest BCUT2D eigenvalue weighted by molar-refractivity contribution is -0.287. The van der Waals surface area contributed by atoms with E-state index >= 15 is 0 Å². The molecule has 1 aromatic rings. The number of carbonyl (C=O) groups excluding carboxylic acids is 2. The van der Waals surface area contributed by atoms with Crippen LogP contribution in [0.4, 0.5) is 0 Å². The number of phenolic OH excluding ortho intramolecular Hbond substituents is 1. The summed E-state index contributed by atoms with van der Waals surface area (Å²) >= 11 is 0. The van der Waals surface area contributed by atoms with Gasteiger partial charge in [-0.2, -0.15) is 0 Å². The van der Waals surface area contributed by atoms with Crippen molar-refractivity contribution in [3.8, 4) is 11.5 Å². The van der Waals surface area contributed by atoms with Crippen molar-refractivity contribution in [3.05, 3.63) is 23.8 Å². The van der Waals surface area contributed by atoms with E-state index in [9.17, 15) is 35.1 Å². The number of hydrogen-bond acceptors (Lipinski definition) is 11. The van der Waals surface area contributed by atoms with Crippen molar-refractivity contribution in [2.24, 2.45) is 5.73 Å². The third-order valence-electron chi connectivity index (χ3n) is 4.31. The summed E-state index contributed by atoms with van der Waals surface area (Å²) in [5.74, 6) is -1.86. The summed E-state index contributed by atoms with van der Waals surface area (Å²) < 4.78 is 14.7. The van der Waals surface area contributed by atoms with Crippen LogP contribution in [-0.2, 0) is 25.5 Å². The molecule has 0 aromatic heterocycles. The molecule has 5 atom stereocenters. The fourth-order valence-corrected chi connectivity index (χ4v) is 2.67. The lowest BCUT2D eigenvalue weighted by Gasteiger charge is -2.37. The van der Waals surface area contributed by atoms with E-state index in [0.717, 1.165) is 5.56 Å². The highest BCUT2D eigenvalue weighted by Gasteiger charge is 2.43. The number of esters is 2. The lowest BCUT2D eigenvalue weighted by Crippen LogP contribution is -2.58. The summed E-state index contributed by atoms with van der Waals surface area (Å²) in [6.45, 7) is -0.0958. The van der Waals surface area contributed by atoms with Gasteiger partial charge in [0, 0.05) is 0 Å². The molecular weight excluding hydrogens is 390 g/mol. The van der Waals surface area contributed by atoms with Gasteiger partial charge in [-0.15, -0.1) is 0 Å². The first-order chi connectivity index (χ1) is 13.7. The van der Waals surface area contributed by atoms with Crippen LogP contribution in [0.15, 0.2) is 18.2 Å². The van der Waals surface area contributed by atoms with Gasteiger partial charge in [-0.05, 0) is 30.7 Å². The number of aromatic hydroxyl groups is 1. The van der Waals surface area contributed by atoms with Crippen LogP contribution in [0.3, 0.4) is 0 Å². The Morgan fingerprint density at radius 2 is 1.72 bits per heavy atom. The minimum absolute atomic E-state index is 0.0515. The molecule has 0 amide bonds. The van der Waals surface area contributed by atoms with Gasteiger partial charge in [0.1, 0.15) is 31.0 Å². The number of ether oxygens (including phenoxy) is 3. The molecule has 0 aliphatic carbocycles. The molecule has 162 valence electrons. The summed E-state index contributed by atoms with van der Waals surface area (Å²) in [4.78, 5) is 23.6. The second kappa shape index (κ2) is 10.5. The molecule has 0 spiro atoms. The van der Waals surface area contributed by atoms with Gasteiger partial charge in [0.15, 0.2) is 17.8 Å². The van der Waals surface area contributed by atoms with Crippen molar-refractivity contribution in [1.29, 1.82) is 0 Å². The maximum atomic E-state index is 11.8. The second-order valence-corrected chi connectivity index (χ2v) is 6.53. The fourth-order valence-electron chi connectivity index (χ4n) is 2.67. The van der Waals surface area contributed by atoms with Crippen molar-refractivity contribution in [2.45, 2.75) is 50.0 Å². The van der Waals surface area contributed by atoms with Crippen molar-refractivity contribution < 1.29 is 49.3 Å². The highest BCUT2D eigenvalue weighted by atomic mass is 16.6. The second-order valence-electron chi connectivity index (χ2n) is 6.53. The number of aliphatic hydroxyl groups excluding tert-OH is 4. The molecule has 0 saturated carbocycles. The Morgan fingerprint density at radius 3 is 2.38 bits per heavy atom. The van der Waals surface area contributed by atoms with Gasteiger partial charge in [0.2, 0.25) is 0 Å². The molecule has 11 nitrogen and oxygen atoms in total. The summed E-state index contributed by atoms with van der Waals surface area (Å²) in [5, 5.41) is 48.0. The van der Waals surface area contributed by atoms with E-state index in [0.29, 0.717) is 13.0 Å². The quantitative estimate of drug-likeness (QED) is 0.202. The van der Waals surface area contributed by atoms with Crippen LogP contribution in [0, 0.1) is 0 Å². The van der Waals surface area contributed by atoms with Gasteiger partial charge in [-0.3, -0.25) is 9.59 Å². The predicted octanol–water partition coefficient (Wildman–Crippen LogP) is -2.08. The Hall–Kier alpha value is -2.28. The molecule has 1 fully saturated rings. The van der Waals surface area contributed by atoms with Crippen LogP contribution >= 0.6 is 0 Å². The zero-order chi connectivity index (χ0) is 21.6. The molecule has 1 aromatic carbocycles. The number of benzene rings is 1. The maximum absolute atomic E-state index is 11.8. The third-order valence-corrected chi connectivity index (χ3v) is 4.31. The van der Waals surface area contributed by atoms with E-state index in [-0.39, 0.29) is 24.3 Å². The molecule has 7 N–H and O–H groups in total. The smallest absolute Gasteiger partial charge is 0.311 e. The SMILES string of the molecule is NCCc1ccc(OC(=O)CCC(=O)OC[C@H]2OC(O)[C@H](O)[C@@H](O)[C@@H]2O)c(O)c1. The van der Waals surface area contributed by atoms with E-state index in [1.54, 1.807) is 6.07 Å². The van der Waals surface area contributed by atoms with Gasteiger partial charge in [0.25, 0.3) is 0 Å². The molecule has 1 unspecified atom stereocenters. The average molecular weight is 415 g/mol. The molecule has 1 saturated heterocycles. The number of carbonyl (C=O) groups is 2. The number of phenols is 1. The zero-order valence-corrected chi connectivity index (χ0v) is 15.5. The largest absolute Gasteiger partial charge is 0.504 e. The first-order valence-corrected chi connectivity index (χ1v) is 8.99. The Kier molecular flexibility index (Phi) is 8.32. The Balaban J connectivity index is 1.75. The van der Waals surface area contributed by atoms with Gasteiger partial charge in [-0.1, -0.05) is 6.07 Å². The van der Waals surface area contributed by atoms with Crippen LogP contribution in [0.1, 0.15) is 18.4 Å². The monoisotopic (exact) mass is 415 g/mol. The Bertz CT molecular complexity index is 712. The van der Waals surface area contributed by atoms with Gasteiger partial charge in [-0.25, -0.2) is 0 Å². The highest BCUT2D eigenvalue weighted by molar-refractivity contribution is 5.79. The predicted molar refractivity (Wildman–Crippen MR) is 95.6 cm³/mol. The number of aliphatic hydroxyl groups is 4. The molecule has 29 heavy (non-hydrogen) atoms. The van der Waals surface area contributed by atoms with Crippen LogP contribution in [0.25, 0.3) is 0 Å². The third kappa shape index (κ3) is 6.35. The average Bonchev–Trinajstić information content (AvgIpc) is 2.68. The van der Waals surface area contributed by atoms with Crippen LogP contribution in [-0.4, -0.2) is 81.3 Å². The molecule has 0 bridgehead atoms. The maximum Gasteiger partial charge on any atom is 0.311 e. The van der Waals surface area contributed by atoms with E-state index in [1.807, 2.05) is 0 Å². The van der Waals surface area contributed by atoms with Crippen LogP contribution in [0.5, 0.6) is 11.5 Å². The van der Waals surface area contributed by atoms with Gasteiger partial charge in [0.05, 0.1) is 12.8 Å². The Morgan fingerprint density at radius 1 is 1.03 bits per heavy atom. The molecule has 11 heteroatoms. The topological polar surface area (TPSA) is 189 Å². The summed E-state index contributed by atoms with van der Waals surface area (Å²) in [7, 11) is 0. The van der Waals surface area contributed by atoms with E-state index in [4.69, 9.17) is 19.9 Å². The molecule has 2 rings (SSSR count). The van der Waals surface area contributed by atoms with Crippen molar-refractivity contribution in [1.82, 2.24) is 0 Å². The van der Waals surface area contributed by atoms with Crippen molar-refractivity contribution in [2.75, 3.05) is 13.2 Å². The Labute approximate surface area is 166 Å². The minimum atomic E-state index is -1.74. The first kappa shape index (κ1) is 23.0. The van der Waals surface area contributed by atoms with Crippen LogP contribution in [0.2, 0.25) is 0 Å². The number of nitrogens with two attached hydrogens (primary N) is 1. The van der Waals surface area contributed by atoms with Gasteiger partial charge >= 0.3 is 11.9 Å². The van der Waals surface area contributed by atoms with Crippen LogP contribution < -0.4 is 10.5 Å². The molecule has 1 heterocycles. The van der Waals surface area contributed by atoms with Crippen molar-refractivity contribution >= 4 is 11.9 Å². The lowest BCUT2D eigenvalue weighted by atomic mass is 9.99. The molecule has 0 radical (unpaired) electrons. The normalized spacial score (nSPS) is 26.7. The van der Waals surface area contributed by atoms with E-state index in [2.05, 4.69) is 0 Å². The summed E-state index contributed by atoms with van der Waals surface area (Å²) in [5.41, 5.74) is 6.21. The summed E-state index contributed by atoms with van der Waals surface area (Å²) in [6.07, 6.45) is -8.04. The van der Waals surface area contributed by atoms with E-state index in [1.165, 1.54) is 12.1 Å². The minimum Gasteiger partial charge on any atom is -0.504 e. The van der Waals surface area contributed by atoms with Gasteiger partial charge < -0.3 is 45.5 Å². The zero-order valence-electron chi connectivity index (χ0n) is 15.5. The molecular formula is C18H25NO10. The number of hydrogen-bond donors (Lipinski definition) is 6.